The van der Waals surface area contributed by atoms with Gasteiger partial charge in [0.05, 0.1) is 0 Å². The maximum absolute atomic E-state index is 10.9. The van der Waals surface area contributed by atoms with Crippen LogP contribution < -0.4 is 4.90 Å². The molecule has 0 radical (unpaired) electrons. The molecule has 2 rings (SSSR count). The first-order chi connectivity index (χ1) is 8.90. The van der Waals surface area contributed by atoms with E-state index >= 15 is 0 Å². The number of aliphatic carboxylic acids is 1. The van der Waals surface area contributed by atoms with Crippen LogP contribution >= 0.6 is 0 Å². The first-order valence-electron chi connectivity index (χ1n) is 6.95. The number of nitrogens with zero attached hydrogens (tertiary/aromatic N) is 1. The number of hydrogen-bond donors (Lipinski definition) is 1. The fraction of sp³-hybridized carbons (Fsp3) is 0.562. The van der Waals surface area contributed by atoms with Crippen LogP contribution in [-0.4, -0.2) is 23.2 Å². The fourth-order valence-electron chi connectivity index (χ4n) is 2.99. The van der Waals surface area contributed by atoms with E-state index in [1.54, 1.807) is 0 Å². The molecule has 1 aromatic rings. The summed E-state index contributed by atoms with van der Waals surface area (Å²) in [4.78, 5) is 13.3. The molecule has 1 atom stereocenters. The predicted octanol–water partition coefficient (Wildman–Crippen LogP) is 3.46. The van der Waals surface area contributed by atoms with E-state index in [2.05, 4.69) is 43.9 Å². The van der Waals surface area contributed by atoms with Gasteiger partial charge in [0.1, 0.15) is 0 Å². The van der Waals surface area contributed by atoms with Crippen molar-refractivity contribution in [3.63, 3.8) is 0 Å². The summed E-state index contributed by atoms with van der Waals surface area (Å²) in [6, 6.07) is 8.36. The van der Waals surface area contributed by atoms with Crippen LogP contribution in [0, 0.1) is 12.8 Å². The average molecular weight is 261 g/mol. The highest BCUT2D eigenvalue weighted by Gasteiger charge is 2.35. The maximum atomic E-state index is 10.9. The van der Waals surface area contributed by atoms with Crippen LogP contribution in [0.15, 0.2) is 24.3 Å². The molecule has 1 aliphatic heterocycles. The minimum absolute atomic E-state index is 0.0983. The average Bonchev–Trinajstić information content (AvgIpc) is 2.32. The Hall–Kier alpha value is -1.51. The maximum Gasteiger partial charge on any atom is 0.303 e. The zero-order valence-electron chi connectivity index (χ0n) is 12.0. The first kappa shape index (κ1) is 13.9. The largest absolute Gasteiger partial charge is 0.481 e. The monoisotopic (exact) mass is 261 g/mol. The van der Waals surface area contributed by atoms with Gasteiger partial charge in [-0.3, -0.25) is 4.79 Å². The minimum Gasteiger partial charge on any atom is -0.481 e. The molecule has 1 aliphatic rings. The molecule has 0 aromatic heterocycles. The second-order valence-electron chi connectivity index (χ2n) is 6.21. The summed E-state index contributed by atoms with van der Waals surface area (Å²) < 4.78 is 0. The SMILES string of the molecule is Cc1ccccc1N1CC(CC(=O)O)CCC1(C)C. The number of para-hydroxylation sites is 1. The molecule has 3 heteroatoms. The van der Waals surface area contributed by atoms with Crippen molar-refractivity contribution in [2.24, 2.45) is 5.92 Å². The van der Waals surface area contributed by atoms with Crippen LogP contribution in [0.2, 0.25) is 0 Å². The molecule has 1 unspecified atom stereocenters. The van der Waals surface area contributed by atoms with E-state index in [9.17, 15) is 4.79 Å². The number of carboxylic acids is 1. The Labute approximate surface area is 115 Å². The molecule has 104 valence electrons. The van der Waals surface area contributed by atoms with Gasteiger partial charge in [-0.05, 0) is 51.2 Å². The van der Waals surface area contributed by atoms with Crippen molar-refractivity contribution >= 4 is 11.7 Å². The normalized spacial score (nSPS) is 22.3. The summed E-state index contributed by atoms with van der Waals surface area (Å²) in [5, 5.41) is 8.99. The zero-order valence-corrected chi connectivity index (χ0v) is 12.0. The molecule has 0 spiro atoms. The smallest absolute Gasteiger partial charge is 0.303 e. The number of anilines is 1. The summed E-state index contributed by atoms with van der Waals surface area (Å²) in [5.41, 5.74) is 2.59. The van der Waals surface area contributed by atoms with Crippen LogP contribution in [0.4, 0.5) is 5.69 Å². The minimum atomic E-state index is -0.686. The Morgan fingerprint density at radius 3 is 2.74 bits per heavy atom. The summed E-state index contributed by atoms with van der Waals surface area (Å²) in [6.45, 7) is 7.45. The van der Waals surface area contributed by atoms with Crippen LogP contribution in [0.25, 0.3) is 0 Å². The number of aryl methyl sites for hydroxylation is 1. The molecule has 0 amide bonds. The Kier molecular flexibility index (Phi) is 3.83. The fourth-order valence-corrected chi connectivity index (χ4v) is 2.99. The third-order valence-electron chi connectivity index (χ3n) is 4.21. The van der Waals surface area contributed by atoms with Gasteiger partial charge in [-0.25, -0.2) is 0 Å². The second-order valence-corrected chi connectivity index (χ2v) is 6.21. The van der Waals surface area contributed by atoms with Crippen molar-refractivity contribution in [1.29, 1.82) is 0 Å². The molecule has 0 aliphatic carbocycles. The van der Waals surface area contributed by atoms with E-state index in [0.717, 1.165) is 19.4 Å². The second kappa shape index (κ2) is 5.24. The lowest BCUT2D eigenvalue weighted by Crippen LogP contribution is -2.51. The van der Waals surface area contributed by atoms with Gasteiger partial charge in [-0.2, -0.15) is 0 Å². The van der Waals surface area contributed by atoms with Gasteiger partial charge in [0.2, 0.25) is 0 Å². The lowest BCUT2D eigenvalue weighted by Gasteiger charge is -2.47. The van der Waals surface area contributed by atoms with Crippen molar-refractivity contribution in [3.05, 3.63) is 29.8 Å². The number of hydrogen-bond acceptors (Lipinski definition) is 2. The van der Waals surface area contributed by atoms with Crippen molar-refractivity contribution in [2.75, 3.05) is 11.4 Å². The van der Waals surface area contributed by atoms with Crippen LogP contribution in [-0.2, 0) is 4.79 Å². The standard InChI is InChI=1S/C16H23NO2/c1-12-6-4-5-7-14(12)17-11-13(10-15(18)19)8-9-16(17,2)3/h4-7,13H,8-11H2,1-3H3,(H,18,19). The number of carboxylic acid groups (broad SMARTS) is 1. The zero-order chi connectivity index (χ0) is 14.0. The van der Waals surface area contributed by atoms with Crippen LogP contribution in [0.1, 0.15) is 38.7 Å². The third kappa shape index (κ3) is 3.09. The number of benzene rings is 1. The van der Waals surface area contributed by atoms with Crippen molar-refractivity contribution in [1.82, 2.24) is 0 Å². The number of rotatable bonds is 3. The van der Waals surface area contributed by atoms with Gasteiger partial charge in [0, 0.05) is 24.2 Å². The molecule has 1 saturated heterocycles. The Morgan fingerprint density at radius 2 is 2.11 bits per heavy atom. The quantitative estimate of drug-likeness (QED) is 0.905. The van der Waals surface area contributed by atoms with Crippen LogP contribution in [0.5, 0.6) is 0 Å². The third-order valence-corrected chi connectivity index (χ3v) is 4.21. The van der Waals surface area contributed by atoms with E-state index < -0.39 is 5.97 Å². The van der Waals surface area contributed by atoms with Crippen LogP contribution in [0.3, 0.4) is 0 Å². The summed E-state index contributed by atoms with van der Waals surface area (Å²) in [6.07, 6.45) is 2.32. The van der Waals surface area contributed by atoms with Gasteiger partial charge >= 0.3 is 5.97 Å². The van der Waals surface area contributed by atoms with Crippen molar-refractivity contribution in [2.45, 2.75) is 45.6 Å². The lowest BCUT2D eigenvalue weighted by atomic mass is 9.82. The van der Waals surface area contributed by atoms with E-state index in [1.807, 2.05) is 6.07 Å². The van der Waals surface area contributed by atoms with Gasteiger partial charge in [0.25, 0.3) is 0 Å². The van der Waals surface area contributed by atoms with E-state index in [1.165, 1.54) is 11.3 Å². The van der Waals surface area contributed by atoms with Gasteiger partial charge in [-0.1, -0.05) is 18.2 Å². The van der Waals surface area contributed by atoms with E-state index in [-0.39, 0.29) is 17.9 Å². The number of carbonyl (C=O) groups is 1. The van der Waals surface area contributed by atoms with Gasteiger partial charge in [-0.15, -0.1) is 0 Å². The Bertz CT molecular complexity index is 468. The van der Waals surface area contributed by atoms with Gasteiger partial charge < -0.3 is 10.0 Å². The Balaban J connectivity index is 2.24. The molecule has 19 heavy (non-hydrogen) atoms. The topological polar surface area (TPSA) is 40.5 Å². The highest BCUT2D eigenvalue weighted by molar-refractivity contribution is 5.67. The predicted molar refractivity (Wildman–Crippen MR) is 77.6 cm³/mol. The highest BCUT2D eigenvalue weighted by Crippen LogP contribution is 2.37. The number of piperidine rings is 1. The molecule has 1 fully saturated rings. The molecule has 1 heterocycles. The lowest BCUT2D eigenvalue weighted by molar-refractivity contribution is -0.138. The molecule has 0 bridgehead atoms. The summed E-state index contributed by atoms with van der Waals surface area (Å²) in [7, 11) is 0. The summed E-state index contributed by atoms with van der Waals surface area (Å²) in [5.74, 6) is -0.431. The molecule has 1 N–H and O–H groups in total. The van der Waals surface area contributed by atoms with Gasteiger partial charge in [0.15, 0.2) is 0 Å². The molecular weight excluding hydrogens is 238 g/mol. The highest BCUT2D eigenvalue weighted by atomic mass is 16.4. The molecule has 1 aromatic carbocycles. The van der Waals surface area contributed by atoms with Crippen molar-refractivity contribution < 1.29 is 9.90 Å². The van der Waals surface area contributed by atoms with E-state index in [0.29, 0.717) is 0 Å². The molecule has 0 saturated carbocycles. The molecule has 3 nitrogen and oxygen atoms in total. The molecular formula is C16H23NO2. The van der Waals surface area contributed by atoms with E-state index in [4.69, 9.17) is 5.11 Å². The first-order valence-corrected chi connectivity index (χ1v) is 6.95. The Morgan fingerprint density at radius 1 is 1.42 bits per heavy atom. The van der Waals surface area contributed by atoms with Crippen molar-refractivity contribution in [3.8, 4) is 0 Å². The summed E-state index contributed by atoms with van der Waals surface area (Å²) >= 11 is 0.